The van der Waals surface area contributed by atoms with E-state index in [4.69, 9.17) is 4.74 Å². The SMILES string of the molecule is COC1(C(O)Cc2cccnc2)CCC(C)CC1. The fraction of sp³-hybridized carbons (Fsp3) is 0.667. The molecule has 0 saturated heterocycles. The second-order valence-electron chi connectivity index (χ2n) is 5.53. The van der Waals surface area contributed by atoms with E-state index in [-0.39, 0.29) is 5.60 Å². The van der Waals surface area contributed by atoms with Crippen LogP contribution in [0.25, 0.3) is 0 Å². The van der Waals surface area contributed by atoms with Crippen molar-refractivity contribution in [1.29, 1.82) is 0 Å². The number of rotatable bonds is 4. The number of hydrogen-bond acceptors (Lipinski definition) is 3. The minimum Gasteiger partial charge on any atom is -0.390 e. The van der Waals surface area contributed by atoms with Crippen molar-refractivity contribution >= 4 is 0 Å². The molecule has 18 heavy (non-hydrogen) atoms. The van der Waals surface area contributed by atoms with Crippen LogP contribution in [0, 0.1) is 5.92 Å². The van der Waals surface area contributed by atoms with Crippen molar-refractivity contribution in [3.05, 3.63) is 30.1 Å². The molecule has 1 heterocycles. The molecule has 1 fully saturated rings. The zero-order chi connectivity index (χ0) is 13.0. The Morgan fingerprint density at radius 1 is 1.50 bits per heavy atom. The summed E-state index contributed by atoms with van der Waals surface area (Å²) in [6.45, 7) is 2.27. The molecule has 0 bridgehead atoms. The molecule has 2 rings (SSSR count). The van der Waals surface area contributed by atoms with Crippen LogP contribution in [-0.2, 0) is 11.2 Å². The lowest BCUT2D eigenvalue weighted by Gasteiger charge is -2.41. The van der Waals surface area contributed by atoms with Crippen LogP contribution in [0.4, 0.5) is 0 Å². The number of pyridine rings is 1. The smallest absolute Gasteiger partial charge is 0.0939 e. The van der Waals surface area contributed by atoms with Crippen LogP contribution in [0.3, 0.4) is 0 Å². The van der Waals surface area contributed by atoms with Crippen LogP contribution in [0.2, 0.25) is 0 Å². The van der Waals surface area contributed by atoms with Crippen molar-refractivity contribution in [2.75, 3.05) is 7.11 Å². The lowest BCUT2D eigenvalue weighted by atomic mass is 9.75. The van der Waals surface area contributed by atoms with Gasteiger partial charge in [-0.2, -0.15) is 0 Å². The molecule has 100 valence electrons. The highest BCUT2D eigenvalue weighted by atomic mass is 16.5. The number of nitrogens with zero attached hydrogens (tertiary/aromatic N) is 1. The Balaban J connectivity index is 2.03. The molecule has 1 saturated carbocycles. The molecule has 1 atom stereocenters. The minimum atomic E-state index is -0.445. The van der Waals surface area contributed by atoms with E-state index < -0.39 is 6.10 Å². The van der Waals surface area contributed by atoms with Crippen LogP contribution in [-0.4, -0.2) is 28.9 Å². The predicted molar refractivity (Wildman–Crippen MR) is 71.3 cm³/mol. The zero-order valence-electron chi connectivity index (χ0n) is 11.3. The normalized spacial score (nSPS) is 30.1. The molecule has 0 amide bonds. The van der Waals surface area contributed by atoms with Gasteiger partial charge in [-0.1, -0.05) is 13.0 Å². The molecule has 3 nitrogen and oxygen atoms in total. The molecule has 1 aromatic rings. The van der Waals surface area contributed by atoms with E-state index in [2.05, 4.69) is 11.9 Å². The van der Waals surface area contributed by atoms with Gasteiger partial charge < -0.3 is 9.84 Å². The third-order valence-electron chi connectivity index (χ3n) is 4.29. The summed E-state index contributed by atoms with van der Waals surface area (Å²) in [6, 6.07) is 3.91. The number of aliphatic hydroxyl groups excluding tert-OH is 1. The van der Waals surface area contributed by atoms with Crippen molar-refractivity contribution in [3.8, 4) is 0 Å². The van der Waals surface area contributed by atoms with Gasteiger partial charge in [0.25, 0.3) is 0 Å². The van der Waals surface area contributed by atoms with E-state index in [1.54, 1.807) is 13.3 Å². The Bertz CT molecular complexity index is 358. The standard InChI is InChI=1S/C15H23NO2/c1-12-5-7-15(18-2,8-6-12)14(17)10-13-4-3-9-16-11-13/h3-4,9,11-12,14,17H,5-8,10H2,1-2H3. The molecule has 1 aromatic heterocycles. The van der Waals surface area contributed by atoms with Crippen molar-refractivity contribution in [2.45, 2.75) is 50.7 Å². The highest BCUT2D eigenvalue weighted by Gasteiger charge is 2.40. The van der Waals surface area contributed by atoms with Gasteiger partial charge in [0.15, 0.2) is 0 Å². The Kier molecular flexibility index (Phi) is 4.36. The molecule has 0 spiro atoms. The monoisotopic (exact) mass is 249 g/mol. The van der Waals surface area contributed by atoms with Gasteiger partial charge >= 0.3 is 0 Å². The summed E-state index contributed by atoms with van der Waals surface area (Å²) in [4.78, 5) is 4.09. The Hall–Kier alpha value is -0.930. The van der Waals surface area contributed by atoms with Crippen LogP contribution in [0.5, 0.6) is 0 Å². The summed E-state index contributed by atoms with van der Waals surface area (Å²) < 4.78 is 5.69. The second-order valence-corrected chi connectivity index (χ2v) is 5.53. The number of hydrogen-bond donors (Lipinski definition) is 1. The van der Waals surface area contributed by atoms with Crippen molar-refractivity contribution < 1.29 is 9.84 Å². The highest BCUT2D eigenvalue weighted by molar-refractivity contribution is 5.11. The average molecular weight is 249 g/mol. The molecule has 0 aliphatic heterocycles. The predicted octanol–water partition coefficient (Wildman–Crippen LogP) is 2.58. The van der Waals surface area contributed by atoms with Crippen molar-refractivity contribution in [2.24, 2.45) is 5.92 Å². The van der Waals surface area contributed by atoms with E-state index in [1.165, 1.54) is 0 Å². The third-order valence-corrected chi connectivity index (χ3v) is 4.29. The molecule has 1 N–H and O–H groups in total. The van der Waals surface area contributed by atoms with Crippen molar-refractivity contribution in [3.63, 3.8) is 0 Å². The molecule has 0 radical (unpaired) electrons. The summed E-state index contributed by atoms with van der Waals surface area (Å²) in [5, 5.41) is 10.5. The number of aromatic nitrogens is 1. The van der Waals surface area contributed by atoms with Gasteiger partial charge in [-0.25, -0.2) is 0 Å². The Morgan fingerprint density at radius 2 is 2.22 bits per heavy atom. The third kappa shape index (κ3) is 2.90. The first-order chi connectivity index (χ1) is 8.66. The largest absolute Gasteiger partial charge is 0.390 e. The van der Waals surface area contributed by atoms with Gasteiger partial charge in [0, 0.05) is 25.9 Å². The Morgan fingerprint density at radius 3 is 2.78 bits per heavy atom. The minimum absolute atomic E-state index is 0.359. The molecule has 0 aromatic carbocycles. The topological polar surface area (TPSA) is 42.4 Å². The van der Waals surface area contributed by atoms with Gasteiger partial charge in [0.1, 0.15) is 0 Å². The van der Waals surface area contributed by atoms with E-state index in [0.29, 0.717) is 6.42 Å². The van der Waals surface area contributed by atoms with Crippen LogP contribution in [0.1, 0.15) is 38.2 Å². The summed E-state index contributed by atoms with van der Waals surface area (Å²) in [5.41, 5.74) is 0.711. The first kappa shape index (κ1) is 13.5. The molecular formula is C15H23NO2. The lowest BCUT2D eigenvalue weighted by molar-refractivity contribution is -0.127. The van der Waals surface area contributed by atoms with Gasteiger partial charge in [0.2, 0.25) is 0 Å². The van der Waals surface area contributed by atoms with E-state index in [0.717, 1.165) is 37.2 Å². The zero-order valence-corrected chi connectivity index (χ0v) is 11.3. The van der Waals surface area contributed by atoms with Crippen LogP contribution < -0.4 is 0 Å². The number of aliphatic hydroxyl groups is 1. The highest BCUT2D eigenvalue weighted by Crippen LogP contribution is 2.37. The van der Waals surface area contributed by atoms with E-state index in [9.17, 15) is 5.11 Å². The van der Waals surface area contributed by atoms with Crippen LogP contribution in [0.15, 0.2) is 24.5 Å². The fourth-order valence-corrected chi connectivity index (χ4v) is 2.85. The van der Waals surface area contributed by atoms with Gasteiger partial charge in [0.05, 0.1) is 11.7 Å². The summed E-state index contributed by atoms with van der Waals surface area (Å²) in [7, 11) is 1.72. The van der Waals surface area contributed by atoms with E-state index >= 15 is 0 Å². The molecular weight excluding hydrogens is 226 g/mol. The van der Waals surface area contributed by atoms with E-state index in [1.807, 2.05) is 18.3 Å². The maximum Gasteiger partial charge on any atom is 0.0939 e. The molecule has 1 unspecified atom stereocenters. The van der Waals surface area contributed by atoms with Gasteiger partial charge in [-0.05, 0) is 43.2 Å². The van der Waals surface area contributed by atoms with Crippen LogP contribution >= 0.6 is 0 Å². The number of ether oxygens (including phenoxy) is 1. The Labute approximate surface area is 109 Å². The second kappa shape index (κ2) is 5.81. The van der Waals surface area contributed by atoms with Gasteiger partial charge in [-0.3, -0.25) is 4.98 Å². The first-order valence-corrected chi connectivity index (χ1v) is 6.78. The van der Waals surface area contributed by atoms with Gasteiger partial charge in [-0.15, -0.1) is 0 Å². The maximum atomic E-state index is 10.5. The summed E-state index contributed by atoms with van der Waals surface area (Å²) in [5.74, 6) is 0.749. The average Bonchev–Trinajstić information content (AvgIpc) is 2.41. The molecule has 1 aliphatic rings. The maximum absolute atomic E-state index is 10.5. The molecule has 3 heteroatoms. The summed E-state index contributed by atoms with van der Waals surface area (Å²) >= 11 is 0. The fourth-order valence-electron chi connectivity index (χ4n) is 2.85. The summed E-state index contributed by atoms with van der Waals surface area (Å²) in [6.07, 6.45) is 7.92. The first-order valence-electron chi connectivity index (χ1n) is 6.78. The van der Waals surface area contributed by atoms with Crippen molar-refractivity contribution in [1.82, 2.24) is 4.98 Å². The lowest BCUT2D eigenvalue weighted by Crippen LogP contribution is -2.47. The number of methoxy groups -OCH3 is 1. The quantitative estimate of drug-likeness (QED) is 0.891. The molecule has 1 aliphatic carbocycles.